The molecule has 4 aromatic rings. The van der Waals surface area contributed by atoms with Crippen LogP contribution >= 0.6 is 0 Å². The molecule has 1 aromatic heterocycles. The second-order valence-electron chi connectivity index (χ2n) is 8.36. The lowest BCUT2D eigenvalue weighted by Gasteiger charge is -2.12. The van der Waals surface area contributed by atoms with Crippen molar-refractivity contribution in [2.24, 2.45) is 0 Å². The lowest BCUT2D eigenvalue weighted by Crippen LogP contribution is -2.00. The van der Waals surface area contributed by atoms with Crippen molar-refractivity contribution in [3.63, 3.8) is 0 Å². The van der Waals surface area contributed by atoms with Crippen LogP contribution in [0.3, 0.4) is 0 Å². The highest BCUT2D eigenvalue weighted by molar-refractivity contribution is 6.06. The zero-order valence-corrected chi connectivity index (χ0v) is 19.1. The van der Waals surface area contributed by atoms with Crippen LogP contribution in [0, 0.1) is 0 Å². The molecule has 34 heavy (non-hydrogen) atoms. The van der Waals surface area contributed by atoms with Crippen molar-refractivity contribution in [1.29, 1.82) is 0 Å². The molecule has 0 radical (unpaired) electrons. The van der Waals surface area contributed by atoms with Gasteiger partial charge in [0.2, 0.25) is 0 Å². The Kier molecular flexibility index (Phi) is 6.25. The molecule has 0 atom stereocenters. The first-order valence-corrected chi connectivity index (χ1v) is 11.4. The fourth-order valence-corrected chi connectivity index (χ4v) is 4.29. The molecule has 0 saturated heterocycles. The third-order valence-electron chi connectivity index (χ3n) is 6.15. The zero-order valence-electron chi connectivity index (χ0n) is 19.1. The van der Waals surface area contributed by atoms with Crippen molar-refractivity contribution in [3.05, 3.63) is 113 Å². The maximum absolute atomic E-state index is 12.7. The molecule has 5 nitrogen and oxygen atoms in total. The third-order valence-corrected chi connectivity index (χ3v) is 6.15. The molecule has 1 aliphatic carbocycles. The molecule has 0 saturated carbocycles. The van der Waals surface area contributed by atoms with Crippen molar-refractivity contribution in [2.45, 2.75) is 25.9 Å². The molecule has 0 spiro atoms. The van der Waals surface area contributed by atoms with Crippen LogP contribution in [0.2, 0.25) is 0 Å². The van der Waals surface area contributed by atoms with Gasteiger partial charge in [-0.3, -0.25) is 4.79 Å². The Morgan fingerprint density at radius 2 is 1.88 bits per heavy atom. The average molecular weight is 451 g/mol. The molecule has 0 aliphatic heterocycles. The number of carbonyl (C=O) groups is 1. The van der Waals surface area contributed by atoms with Gasteiger partial charge < -0.3 is 14.0 Å². The van der Waals surface area contributed by atoms with Crippen LogP contribution in [0.1, 0.15) is 39.0 Å². The first-order chi connectivity index (χ1) is 16.7. The van der Waals surface area contributed by atoms with Crippen LogP contribution in [0.4, 0.5) is 0 Å². The number of rotatable bonds is 8. The lowest BCUT2D eigenvalue weighted by molar-refractivity contribution is 0.104. The minimum atomic E-state index is -0.0519. The first-order valence-electron chi connectivity index (χ1n) is 11.4. The van der Waals surface area contributed by atoms with Gasteiger partial charge in [-0.05, 0) is 90.6 Å². The summed E-state index contributed by atoms with van der Waals surface area (Å²) >= 11 is 0. The Morgan fingerprint density at radius 3 is 2.68 bits per heavy atom. The van der Waals surface area contributed by atoms with Crippen LogP contribution in [0.5, 0.6) is 11.5 Å². The average Bonchev–Trinajstić information content (AvgIpc) is 3.58. The Hall–Kier alpha value is -4.12. The number of nitrogens with zero attached hydrogens (tertiary/aromatic N) is 2. The van der Waals surface area contributed by atoms with Crippen molar-refractivity contribution in [1.82, 2.24) is 9.55 Å². The van der Waals surface area contributed by atoms with Gasteiger partial charge in [0.05, 0.1) is 13.4 Å². The second-order valence-corrected chi connectivity index (χ2v) is 8.36. The van der Waals surface area contributed by atoms with Gasteiger partial charge in [-0.15, -0.1) is 0 Å². The van der Waals surface area contributed by atoms with Gasteiger partial charge in [-0.25, -0.2) is 4.98 Å². The van der Waals surface area contributed by atoms with Gasteiger partial charge >= 0.3 is 0 Å². The highest BCUT2D eigenvalue weighted by Gasteiger charge is 2.12. The summed E-state index contributed by atoms with van der Waals surface area (Å²) in [5, 5.41) is 0. The third kappa shape index (κ3) is 4.79. The molecule has 3 aromatic carbocycles. The van der Waals surface area contributed by atoms with Crippen LogP contribution in [0.15, 0.2) is 85.5 Å². The van der Waals surface area contributed by atoms with Crippen molar-refractivity contribution in [2.75, 3.05) is 7.11 Å². The van der Waals surface area contributed by atoms with Gasteiger partial charge in [-0.2, -0.15) is 0 Å². The van der Waals surface area contributed by atoms with Crippen LogP contribution in [-0.2, 0) is 19.4 Å². The SMILES string of the molecule is COc1ccc(/C=C/C(=O)c2ccc(-n3ccnc3)cc2)cc1COc1ccc2c(c1)CCC2. The van der Waals surface area contributed by atoms with E-state index < -0.39 is 0 Å². The number of hydrogen-bond donors (Lipinski definition) is 0. The van der Waals surface area contributed by atoms with Crippen LogP contribution < -0.4 is 9.47 Å². The van der Waals surface area contributed by atoms with Gasteiger partial charge in [0.1, 0.15) is 18.1 Å². The summed E-state index contributed by atoms with van der Waals surface area (Å²) in [7, 11) is 1.65. The van der Waals surface area contributed by atoms with Gasteiger partial charge in [0, 0.05) is 29.2 Å². The Labute approximate surface area is 199 Å². The van der Waals surface area contributed by atoms with Gasteiger partial charge in [0.25, 0.3) is 0 Å². The molecule has 0 amide bonds. The van der Waals surface area contributed by atoms with E-state index in [0.717, 1.165) is 41.2 Å². The fourth-order valence-electron chi connectivity index (χ4n) is 4.29. The van der Waals surface area contributed by atoms with E-state index in [0.29, 0.717) is 12.2 Å². The number of aromatic nitrogens is 2. The second kappa shape index (κ2) is 9.79. The summed E-state index contributed by atoms with van der Waals surface area (Å²) in [6, 6.07) is 19.7. The smallest absolute Gasteiger partial charge is 0.185 e. The van der Waals surface area contributed by atoms with E-state index in [9.17, 15) is 4.79 Å². The topological polar surface area (TPSA) is 53.4 Å². The monoisotopic (exact) mass is 450 g/mol. The van der Waals surface area contributed by atoms with E-state index in [1.54, 1.807) is 25.7 Å². The minimum Gasteiger partial charge on any atom is -0.496 e. The highest BCUT2D eigenvalue weighted by Crippen LogP contribution is 2.28. The minimum absolute atomic E-state index is 0.0519. The number of aryl methyl sites for hydroxylation is 2. The van der Waals surface area contributed by atoms with E-state index in [-0.39, 0.29) is 5.78 Å². The molecule has 0 unspecified atom stereocenters. The Bertz CT molecular complexity index is 1320. The van der Waals surface area contributed by atoms with Gasteiger partial charge in [-0.1, -0.05) is 18.2 Å². The summed E-state index contributed by atoms with van der Waals surface area (Å²) in [6.45, 7) is 0.396. The number of methoxy groups -OCH3 is 1. The summed E-state index contributed by atoms with van der Waals surface area (Å²) in [5.74, 6) is 1.58. The number of benzene rings is 3. The summed E-state index contributed by atoms with van der Waals surface area (Å²) in [6.07, 6.45) is 12.2. The number of allylic oxidation sites excluding steroid dienone is 1. The maximum atomic E-state index is 12.7. The van der Waals surface area contributed by atoms with Crippen LogP contribution in [-0.4, -0.2) is 22.4 Å². The lowest BCUT2D eigenvalue weighted by atomic mass is 10.1. The number of ketones is 1. The van der Waals surface area contributed by atoms with Crippen molar-refractivity contribution < 1.29 is 14.3 Å². The van der Waals surface area contributed by atoms with Crippen molar-refractivity contribution >= 4 is 11.9 Å². The molecule has 0 N–H and O–H groups in total. The summed E-state index contributed by atoms with van der Waals surface area (Å²) < 4.78 is 13.5. The van der Waals surface area contributed by atoms with Crippen molar-refractivity contribution in [3.8, 4) is 17.2 Å². The quantitative estimate of drug-likeness (QED) is 0.250. The largest absolute Gasteiger partial charge is 0.496 e. The molecule has 0 fully saturated rings. The Morgan fingerprint density at radius 1 is 1.03 bits per heavy atom. The molecule has 1 heterocycles. The molecular weight excluding hydrogens is 424 g/mol. The number of imidazole rings is 1. The number of carbonyl (C=O) groups excluding carboxylic acids is 1. The molecule has 5 heteroatoms. The number of ether oxygens (including phenoxy) is 2. The van der Waals surface area contributed by atoms with E-state index in [2.05, 4.69) is 17.1 Å². The van der Waals surface area contributed by atoms with Gasteiger partial charge in [0.15, 0.2) is 5.78 Å². The zero-order chi connectivity index (χ0) is 23.3. The summed E-state index contributed by atoms with van der Waals surface area (Å²) in [4.78, 5) is 16.7. The predicted molar refractivity (Wildman–Crippen MR) is 133 cm³/mol. The number of hydrogen-bond acceptors (Lipinski definition) is 4. The Balaban J connectivity index is 1.27. The van der Waals surface area contributed by atoms with E-state index in [1.165, 1.54) is 17.5 Å². The van der Waals surface area contributed by atoms with E-state index in [4.69, 9.17) is 9.47 Å². The maximum Gasteiger partial charge on any atom is 0.185 e. The molecular formula is C29H26N2O3. The van der Waals surface area contributed by atoms with E-state index >= 15 is 0 Å². The summed E-state index contributed by atoms with van der Waals surface area (Å²) in [5.41, 5.74) is 6.25. The molecule has 5 rings (SSSR count). The highest BCUT2D eigenvalue weighted by atomic mass is 16.5. The standard InChI is InChI=1S/C29H26N2O3/c1-33-29-14-6-21(17-25(29)19-34-27-12-9-22-3-2-4-24(22)18-27)5-13-28(32)23-7-10-26(11-8-23)31-16-15-30-20-31/h5-18,20H,2-4,19H2,1H3/b13-5+. The molecule has 1 aliphatic rings. The molecule has 170 valence electrons. The normalized spacial score (nSPS) is 12.6. The fraction of sp³-hybridized carbons (Fsp3) is 0.172. The molecule has 0 bridgehead atoms. The predicted octanol–water partition coefficient (Wildman–Crippen LogP) is 5.84. The van der Waals surface area contributed by atoms with E-state index in [1.807, 2.05) is 65.4 Å². The first kappa shape index (κ1) is 21.7. The number of fused-ring (bicyclic) bond motifs is 1. The van der Waals surface area contributed by atoms with Crippen LogP contribution in [0.25, 0.3) is 11.8 Å².